The molecule has 51 heavy (non-hydrogen) atoms. The van der Waals surface area contributed by atoms with Crippen LogP contribution in [0.25, 0.3) is 10.9 Å². The van der Waals surface area contributed by atoms with Crippen molar-refractivity contribution in [2.75, 3.05) is 20.8 Å². The van der Waals surface area contributed by atoms with Crippen LogP contribution in [0.3, 0.4) is 0 Å². The number of benzene rings is 4. The van der Waals surface area contributed by atoms with Gasteiger partial charge in [-0.15, -0.1) is 0 Å². The summed E-state index contributed by atoms with van der Waals surface area (Å²) in [6, 6.07) is 30.5. The van der Waals surface area contributed by atoms with Crippen molar-refractivity contribution >= 4 is 30.8 Å². The number of aromatic amines is 1. The van der Waals surface area contributed by atoms with Gasteiger partial charge in [-0.2, -0.15) is 0 Å². The minimum absolute atomic E-state index is 0.0999. The van der Waals surface area contributed by atoms with Crippen molar-refractivity contribution in [3.8, 4) is 11.5 Å². The molecule has 0 aliphatic carbocycles. The minimum Gasteiger partial charge on any atom is -0.497 e. The fourth-order valence-electron chi connectivity index (χ4n) is 6.29. The zero-order valence-electron chi connectivity index (χ0n) is 29.9. The second-order valence-corrected chi connectivity index (χ2v) is 19.4. The van der Waals surface area contributed by atoms with E-state index < -0.39 is 43.6 Å². The molecule has 1 N–H and O–H groups in total. The maximum Gasteiger partial charge on any atom is 0.331 e. The van der Waals surface area contributed by atoms with E-state index in [1.165, 1.54) is 4.57 Å². The average molecular weight is 728 g/mol. The molecular weight excluding hydrogens is 684 g/mol. The van der Waals surface area contributed by atoms with E-state index in [0.717, 1.165) is 28.2 Å². The number of H-pyrrole nitrogens is 1. The van der Waals surface area contributed by atoms with Gasteiger partial charge in [0, 0.05) is 11.4 Å². The standard InChI is InChI=1S/C40H44ClN2O7Si/c1-39(2,3)51(6,7)50-35-24-32(49-37(35)43-34-22-17-29(41)23-33(34)36(44)42-38(43)45)25-48-40(26-11-9-8-10-12-26,27-13-18-30(46-4)19-14-27)28-15-20-31(47-5)21-16-28/h8-24,32,35,37H,25H2,1-7H3,(H,42,44,45)/t32-,35-,37-/m1/s1. The molecular formula is C40H44ClN2O7Si. The zero-order valence-corrected chi connectivity index (χ0v) is 31.7. The molecule has 4 aromatic carbocycles. The fourth-order valence-corrected chi connectivity index (χ4v) is 7.70. The first-order valence-corrected chi connectivity index (χ1v) is 20.2. The predicted molar refractivity (Wildman–Crippen MR) is 202 cm³/mol. The highest BCUT2D eigenvalue weighted by Gasteiger charge is 2.47. The zero-order chi connectivity index (χ0) is 36.6. The lowest BCUT2D eigenvalue weighted by Gasteiger charge is -2.39. The van der Waals surface area contributed by atoms with E-state index in [9.17, 15) is 9.59 Å². The van der Waals surface area contributed by atoms with Gasteiger partial charge in [0.05, 0.1) is 43.9 Å². The lowest BCUT2D eigenvalue weighted by molar-refractivity contribution is -0.0830. The molecule has 6 rings (SSSR count). The monoisotopic (exact) mass is 727 g/mol. The number of halogens is 1. The topological polar surface area (TPSA) is 101 Å². The van der Waals surface area contributed by atoms with Gasteiger partial charge in [-0.25, -0.2) is 4.79 Å². The van der Waals surface area contributed by atoms with E-state index in [1.54, 1.807) is 32.4 Å². The molecule has 5 aromatic rings. The van der Waals surface area contributed by atoms with Gasteiger partial charge >= 0.3 is 5.69 Å². The molecule has 2 heterocycles. The van der Waals surface area contributed by atoms with Gasteiger partial charge in [-0.3, -0.25) is 14.3 Å². The first kappa shape index (κ1) is 36.6. The Kier molecular flexibility index (Phi) is 10.4. The first-order chi connectivity index (χ1) is 24.3. The molecule has 1 aliphatic rings. The number of hydrogen-bond donors (Lipinski definition) is 1. The van der Waals surface area contributed by atoms with Crippen LogP contribution in [-0.2, 0) is 19.5 Å². The van der Waals surface area contributed by atoms with Crippen molar-refractivity contribution in [1.29, 1.82) is 0 Å². The lowest BCUT2D eigenvalue weighted by Crippen LogP contribution is -2.46. The second-order valence-electron chi connectivity index (χ2n) is 14.2. The first-order valence-electron chi connectivity index (χ1n) is 16.9. The van der Waals surface area contributed by atoms with E-state index in [-0.39, 0.29) is 17.0 Å². The maximum absolute atomic E-state index is 13.6. The molecule has 0 amide bonds. The van der Waals surface area contributed by atoms with Crippen LogP contribution < -0.4 is 20.7 Å². The van der Waals surface area contributed by atoms with Crippen molar-refractivity contribution in [2.24, 2.45) is 0 Å². The molecule has 267 valence electrons. The summed E-state index contributed by atoms with van der Waals surface area (Å²) >= 11 is 6.27. The van der Waals surface area contributed by atoms with E-state index in [4.69, 9.17) is 35.0 Å². The number of hydrogen-bond acceptors (Lipinski definition) is 7. The van der Waals surface area contributed by atoms with Crippen molar-refractivity contribution in [1.82, 2.24) is 9.55 Å². The summed E-state index contributed by atoms with van der Waals surface area (Å²) in [7, 11) is 0.873. The molecule has 11 heteroatoms. The smallest absolute Gasteiger partial charge is 0.331 e. The Morgan fingerprint density at radius 1 is 0.824 bits per heavy atom. The summed E-state index contributed by atoms with van der Waals surface area (Å²) in [6.45, 7) is 10.9. The summed E-state index contributed by atoms with van der Waals surface area (Å²) in [5.41, 5.74) is 0.850. The molecule has 0 saturated carbocycles. The Morgan fingerprint density at radius 2 is 1.39 bits per heavy atom. The summed E-state index contributed by atoms with van der Waals surface area (Å²) in [5, 5.41) is 0.529. The van der Waals surface area contributed by atoms with Crippen LogP contribution in [0.2, 0.25) is 23.2 Å². The van der Waals surface area contributed by atoms with Crippen LogP contribution in [-0.4, -0.2) is 50.9 Å². The Morgan fingerprint density at radius 3 is 1.94 bits per heavy atom. The predicted octanol–water partition coefficient (Wildman–Crippen LogP) is 7.86. The highest BCUT2D eigenvalue weighted by atomic mass is 35.5. The average Bonchev–Trinajstić information content (AvgIpc) is 3.50. The van der Waals surface area contributed by atoms with Crippen molar-refractivity contribution in [3.63, 3.8) is 0 Å². The fraction of sp³-hybridized carbons (Fsp3) is 0.325. The third kappa shape index (κ3) is 7.16. The summed E-state index contributed by atoms with van der Waals surface area (Å²) in [5.74, 6) is 1.44. The molecule has 1 fully saturated rings. The van der Waals surface area contributed by atoms with Crippen LogP contribution in [0.15, 0.2) is 107 Å². The summed E-state index contributed by atoms with van der Waals surface area (Å²) in [6.07, 6.45) is -0.156. The second kappa shape index (κ2) is 14.4. The highest BCUT2D eigenvalue weighted by molar-refractivity contribution is 6.74. The van der Waals surface area contributed by atoms with E-state index >= 15 is 0 Å². The molecule has 9 nitrogen and oxygen atoms in total. The normalized spacial score (nSPS) is 18.2. The molecule has 0 unspecified atom stereocenters. The molecule has 1 aromatic heterocycles. The number of fused-ring (bicyclic) bond motifs is 1. The summed E-state index contributed by atoms with van der Waals surface area (Å²) < 4.78 is 33.3. The molecule has 1 saturated heterocycles. The Bertz CT molecular complexity index is 2040. The SMILES string of the molecule is COc1ccc(C(OC[C@H]2[CH][C@@H](O[Si](C)(C)C(C)(C)C)[C@H](n3c(=O)[nH]c(=O)c4cc(Cl)ccc43)O2)(c2ccccc2)c2ccc(OC)cc2)cc1. The van der Waals surface area contributed by atoms with Crippen molar-refractivity contribution in [2.45, 2.75) is 62.9 Å². The van der Waals surface area contributed by atoms with Crippen LogP contribution in [0.4, 0.5) is 0 Å². The van der Waals surface area contributed by atoms with Gasteiger partial charge in [0.15, 0.2) is 14.5 Å². The number of methoxy groups -OCH3 is 2. The third-order valence-corrected chi connectivity index (χ3v) is 14.7. The van der Waals surface area contributed by atoms with Gasteiger partial charge in [-0.1, -0.05) is 87.0 Å². The maximum atomic E-state index is 13.6. The summed E-state index contributed by atoms with van der Waals surface area (Å²) in [4.78, 5) is 28.9. The molecule has 0 spiro atoms. The van der Waals surface area contributed by atoms with Crippen molar-refractivity contribution < 1.29 is 23.4 Å². The van der Waals surface area contributed by atoms with Gasteiger partial charge < -0.3 is 23.4 Å². The van der Waals surface area contributed by atoms with Crippen LogP contribution >= 0.6 is 11.6 Å². The van der Waals surface area contributed by atoms with Crippen LogP contribution in [0, 0.1) is 6.42 Å². The Hall–Kier alpha value is -4.19. The van der Waals surface area contributed by atoms with E-state index in [1.807, 2.05) is 85.3 Å². The number of aromatic nitrogens is 2. The molecule has 1 aliphatic heterocycles. The highest BCUT2D eigenvalue weighted by Crippen LogP contribution is 2.45. The number of rotatable bonds is 11. The van der Waals surface area contributed by atoms with Crippen LogP contribution in [0.5, 0.6) is 11.5 Å². The van der Waals surface area contributed by atoms with Crippen molar-refractivity contribution in [3.05, 3.63) is 146 Å². The Balaban J connectivity index is 1.45. The molecule has 0 bridgehead atoms. The van der Waals surface area contributed by atoms with Gasteiger partial charge in [0.2, 0.25) is 0 Å². The third-order valence-electron chi connectivity index (χ3n) is 10.0. The molecule has 3 atom stereocenters. The minimum atomic E-state index is -2.40. The van der Waals surface area contributed by atoms with Gasteiger partial charge in [-0.05, 0) is 77.3 Å². The molecule has 1 radical (unpaired) electrons. The lowest BCUT2D eigenvalue weighted by atomic mass is 9.80. The van der Waals surface area contributed by atoms with E-state index in [0.29, 0.717) is 10.5 Å². The van der Waals surface area contributed by atoms with Gasteiger partial charge in [0.25, 0.3) is 5.56 Å². The van der Waals surface area contributed by atoms with Gasteiger partial charge in [0.1, 0.15) is 17.1 Å². The van der Waals surface area contributed by atoms with E-state index in [2.05, 4.69) is 38.8 Å². The van der Waals surface area contributed by atoms with Crippen LogP contribution in [0.1, 0.15) is 43.7 Å². The largest absolute Gasteiger partial charge is 0.497 e. The number of nitrogens with one attached hydrogen (secondary N) is 1. The number of nitrogens with zero attached hydrogens (tertiary/aromatic N) is 1. The Labute approximate surface area is 304 Å². The number of ether oxygens (including phenoxy) is 4. The quantitative estimate of drug-likeness (QED) is 0.109.